The van der Waals surface area contributed by atoms with Gasteiger partial charge in [-0.1, -0.05) is 12.1 Å². The number of rotatable bonds is 6. The normalized spacial score (nSPS) is 10.4. The van der Waals surface area contributed by atoms with Gasteiger partial charge in [0.25, 0.3) is 5.69 Å². The molecule has 31 heavy (non-hydrogen) atoms. The van der Waals surface area contributed by atoms with Crippen molar-refractivity contribution in [3.05, 3.63) is 99.6 Å². The van der Waals surface area contributed by atoms with Crippen molar-refractivity contribution in [1.29, 1.82) is 0 Å². The minimum atomic E-state index is -1.13. The lowest BCUT2D eigenvalue weighted by atomic mass is 10.1. The first-order chi connectivity index (χ1) is 14.7. The molecular formula is C21H14F2N2O6. The highest BCUT2D eigenvalue weighted by Crippen LogP contribution is 2.25. The van der Waals surface area contributed by atoms with Gasteiger partial charge in [0.1, 0.15) is 17.4 Å². The van der Waals surface area contributed by atoms with Crippen molar-refractivity contribution in [2.75, 3.05) is 4.90 Å². The number of carboxylic acid groups (broad SMARTS) is 1. The molecule has 0 aromatic heterocycles. The highest BCUT2D eigenvalue weighted by molar-refractivity contribution is 5.90. The summed E-state index contributed by atoms with van der Waals surface area (Å²) in [6, 6.07) is 12.8. The van der Waals surface area contributed by atoms with Gasteiger partial charge in [0, 0.05) is 18.2 Å². The Balaban J connectivity index is 1.89. The molecule has 0 radical (unpaired) electrons. The van der Waals surface area contributed by atoms with Crippen molar-refractivity contribution in [1.82, 2.24) is 0 Å². The van der Waals surface area contributed by atoms with Crippen LogP contribution in [-0.2, 0) is 6.54 Å². The molecule has 0 saturated carbocycles. The van der Waals surface area contributed by atoms with Crippen LogP contribution in [0.4, 0.5) is 25.0 Å². The molecule has 0 unspecified atom stereocenters. The lowest BCUT2D eigenvalue weighted by molar-refractivity contribution is -0.384. The van der Waals surface area contributed by atoms with Gasteiger partial charge in [0.2, 0.25) is 0 Å². The molecule has 1 N–H and O–H groups in total. The maximum atomic E-state index is 14.4. The monoisotopic (exact) mass is 428 g/mol. The Morgan fingerprint density at radius 3 is 2.19 bits per heavy atom. The van der Waals surface area contributed by atoms with Crippen molar-refractivity contribution < 1.29 is 33.1 Å². The number of halogens is 2. The molecule has 0 saturated heterocycles. The Kier molecular flexibility index (Phi) is 6.20. The van der Waals surface area contributed by atoms with Gasteiger partial charge in [-0.25, -0.2) is 18.4 Å². The molecule has 0 spiro atoms. The molecule has 0 aliphatic heterocycles. The number of aromatic carboxylic acids is 1. The van der Waals surface area contributed by atoms with Crippen molar-refractivity contribution in [3.63, 3.8) is 0 Å². The van der Waals surface area contributed by atoms with Crippen LogP contribution in [0.15, 0.2) is 66.7 Å². The van der Waals surface area contributed by atoms with Gasteiger partial charge in [0.15, 0.2) is 0 Å². The minimum Gasteiger partial charge on any atom is -0.478 e. The molecule has 0 aliphatic carbocycles. The maximum absolute atomic E-state index is 14.4. The number of benzene rings is 3. The minimum absolute atomic E-state index is 0.0238. The topological polar surface area (TPSA) is 110 Å². The Labute approximate surface area is 174 Å². The first kappa shape index (κ1) is 21.4. The quantitative estimate of drug-likeness (QED) is 0.447. The summed E-state index contributed by atoms with van der Waals surface area (Å²) in [5.41, 5.74) is 0.00136. The molecule has 158 valence electrons. The number of nitro benzene ring substituents is 1. The Morgan fingerprint density at radius 2 is 1.65 bits per heavy atom. The molecular weight excluding hydrogens is 414 g/mol. The maximum Gasteiger partial charge on any atom is 0.420 e. The van der Waals surface area contributed by atoms with E-state index in [2.05, 4.69) is 0 Å². The van der Waals surface area contributed by atoms with Gasteiger partial charge in [-0.3, -0.25) is 15.0 Å². The van der Waals surface area contributed by atoms with Gasteiger partial charge < -0.3 is 9.84 Å². The summed E-state index contributed by atoms with van der Waals surface area (Å²) in [4.78, 5) is 34.8. The number of non-ortho nitro benzene ring substituents is 1. The van der Waals surface area contributed by atoms with Crippen LogP contribution in [0.1, 0.15) is 15.9 Å². The number of hydrogen-bond acceptors (Lipinski definition) is 5. The van der Waals surface area contributed by atoms with E-state index in [0.717, 1.165) is 29.2 Å². The molecule has 0 fully saturated rings. The highest BCUT2D eigenvalue weighted by atomic mass is 19.1. The van der Waals surface area contributed by atoms with E-state index in [9.17, 15) is 28.5 Å². The second kappa shape index (κ2) is 8.99. The molecule has 3 aromatic rings. The summed E-state index contributed by atoms with van der Waals surface area (Å²) in [5.74, 6) is -3.01. The third-order valence-electron chi connectivity index (χ3n) is 4.22. The third-order valence-corrected chi connectivity index (χ3v) is 4.22. The van der Waals surface area contributed by atoms with Crippen LogP contribution in [0, 0.1) is 21.7 Å². The highest BCUT2D eigenvalue weighted by Gasteiger charge is 2.23. The van der Waals surface area contributed by atoms with Gasteiger partial charge in [-0.15, -0.1) is 0 Å². The van der Waals surface area contributed by atoms with Crippen molar-refractivity contribution >= 4 is 23.4 Å². The standard InChI is InChI=1S/C21H14F2N2O6/c22-15-5-10-19(18(23)11-15)24(12-13-1-3-14(4-2-13)20(26)27)21(28)31-17-8-6-16(7-9-17)25(29)30/h1-11H,12H2,(H,26,27). The number of carbonyl (C=O) groups is 2. The summed E-state index contributed by atoms with van der Waals surface area (Å²) in [5, 5.41) is 19.7. The molecule has 8 nitrogen and oxygen atoms in total. The third kappa shape index (κ3) is 5.18. The van der Waals surface area contributed by atoms with Crippen LogP contribution in [0.25, 0.3) is 0 Å². The van der Waals surface area contributed by atoms with Crippen molar-refractivity contribution in [2.24, 2.45) is 0 Å². The Hall–Kier alpha value is -4.34. The van der Waals surface area contributed by atoms with E-state index in [-0.39, 0.29) is 29.2 Å². The van der Waals surface area contributed by atoms with E-state index < -0.39 is 28.6 Å². The average Bonchev–Trinajstić information content (AvgIpc) is 2.73. The molecule has 10 heteroatoms. The largest absolute Gasteiger partial charge is 0.478 e. The summed E-state index contributed by atoms with van der Waals surface area (Å²) < 4.78 is 32.9. The smallest absolute Gasteiger partial charge is 0.420 e. The number of nitrogens with zero attached hydrogens (tertiary/aromatic N) is 2. The van der Waals surface area contributed by atoms with Gasteiger partial charge >= 0.3 is 12.1 Å². The number of carboxylic acids is 1. The van der Waals surface area contributed by atoms with Crippen LogP contribution >= 0.6 is 0 Å². The SMILES string of the molecule is O=C(O)c1ccc(CN(C(=O)Oc2ccc([N+](=O)[O-])cc2)c2ccc(F)cc2F)cc1. The summed E-state index contributed by atoms with van der Waals surface area (Å²) in [6.45, 7) is -0.214. The number of nitro groups is 1. The van der Waals surface area contributed by atoms with Crippen LogP contribution in [-0.4, -0.2) is 22.1 Å². The number of hydrogen-bond donors (Lipinski definition) is 1. The van der Waals surface area contributed by atoms with Crippen molar-refractivity contribution in [3.8, 4) is 5.75 Å². The summed E-state index contributed by atoms with van der Waals surface area (Å²) >= 11 is 0. The lowest BCUT2D eigenvalue weighted by Gasteiger charge is -2.23. The Bertz CT molecular complexity index is 1130. The van der Waals surface area contributed by atoms with Crippen LogP contribution < -0.4 is 9.64 Å². The van der Waals surface area contributed by atoms with Gasteiger partial charge in [-0.05, 0) is 42.0 Å². The number of carbonyl (C=O) groups excluding carboxylic acids is 1. The first-order valence-corrected chi connectivity index (χ1v) is 8.75. The van der Waals surface area contributed by atoms with E-state index in [4.69, 9.17) is 9.84 Å². The zero-order chi connectivity index (χ0) is 22.5. The molecule has 0 bridgehead atoms. The van der Waals surface area contributed by atoms with Crippen LogP contribution in [0.2, 0.25) is 0 Å². The lowest BCUT2D eigenvalue weighted by Crippen LogP contribution is -2.33. The fourth-order valence-corrected chi connectivity index (χ4v) is 2.68. The van der Waals surface area contributed by atoms with E-state index in [0.29, 0.717) is 11.6 Å². The van der Waals surface area contributed by atoms with Gasteiger partial charge in [0.05, 0.1) is 22.7 Å². The predicted molar refractivity (Wildman–Crippen MR) is 105 cm³/mol. The molecule has 0 atom stereocenters. The van der Waals surface area contributed by atoms with Crippen LogP contribution in [0.3, 0.4) is 0 Å². The molecule has 1 amide bonds. The fourth-order valence-electron chi connectivity index (χ4n) is 2.68. The summed E-state index contributed by atoms with van der Waals surface area (Å²) in [7, 11) is 0. The first-order valence-electron chi connectivity index (χ1n) is 8.75. The van der Waals surface area contributed by atoms with E-state index >= 15 is 0 Å². The molecule has 0 heterocycles. The number of anilines is 1. The van der Waals surface area contributed by atoms with E-state index in [1.165, 1.54) is 36.4 Å². The van der Waals surface area contributed by atoms with E-state index in [1.807, 2.05) is 0 Å². The average molecular weight is 428 g/mol. The molecule has 3 aromatic carbocycles. The second-order valence-corrected chi connectivity index (χ2v) is 6.30. The van der Waals surface area contributed by atoms with Gasteiger partial charge in [-0.2, -0.15) is 0 Å². The molecule has 3 rings (SSSR count). The van der Waals surface area contributed by atoms with E-state index in [1.54, 1.807) is 0 Å². The molecule has 0 aliphatic rings. The fraction of sp³-hybridized carbons (Fsp3) is 0.0476. The predicted octanol–water partition coefficient (Wildman–Crippen LogP) is 4.78. The second-order valence-electron chi connectivity index (χ2n) is 6.30. The van der Waals surface area contributed by atoms with Crippen LogP contribution in [0.5, 0.6) is 5.75 Å². The number of ether oxygens (including phenoxy) is 1. The summed E-state index contributed by atoms with van der Waals surface area (Å²) in [6.07, 6.45) is -1.03. The number of amides is 1. The zero-order valence-corrected chi connectivity index (χ0v) is 15.7. The zero-order valence-electron chi connectivity index (χ0n) is 15.7. The van der Waals surface area contributed by atoms with Crippen molar-refractivity contribution in [2.45, 2.75) is 6.54 Å². The Morgan fingerprint density at radius 1 is 1.00 bits per heavy atom.